The molecule has 0 heterocycles. The third-order valence-corrected chi connectivity index (χ3v) is 5.95. The van der Waals surface area contributed by atoms with Gasteiger partial charge in [0.15, 0.2) is 0 Å². The minimum absolute atomic E-state index is 0.139. The van der Waals surface area contributed by atoms with E-state index in [-0.39, 0.29) is 10.8 Å². The molecule has 3 aromatic rings. The molecule has 0 aliphatic rings. The van der Waals surface area contributed by atoms with Gasteiger partial charge >= 0.3 is 0 Å². The van der Waals surface area contributed by atoms with E-state index < -0.39 is 10.0 Å². The molecule has 0 fully saturated rings. The highest BCUT2D eigenvalue weighted by Crippen LogP contribution is 2.25. The second-order valence-corrected chi connectivity index (χ2v) is 8.45. The van der Waals surface area contributed by atoms with E-state index in [1.54, 1.807) is 6.07 Å². The average Bonchev–Trinajstić information content (AvgIpc) is 2.70. The lowest BCUT2D eigenvalue weighted by Crippen LogP contribution is -2.22. The molecule has 3 aromatic carbocycles. The minimum atomic E-state index is -3.53. The van der Waals surface area contributed by atoms with E-state index in [1.165, 1.54) is 38.4 Å². The van der Waals surface area contributed by atoms with Crippen LogP contribution in [0.4, 0.5) is 17.1 Å². The Balaban J connectivity index is 1.79. The molecule has 2 N–H and O–H groups in total. The summed E-state index contributed by atoms with van der Waals surface area (Å²) in [5.74, 6) is -0.323. The van der Waals surface area contributed by atoms with Gasteiger partial charge in [-0.3, -0.25) is 4.79 Å². The minimum Gasteiger partial charge on any atom is -0.354 e. The molecule has 0 aliphatic heterocycles. The summed E-state index contributed by atoms with van der Waals surface area (Å²) in [5.41, 5.74) is 2.66. The Labute approximate surface area is 164 Å². The fraction of sp³-hybridized carbons (Fsp3) is 0.0952. The van der Waals surface area contributed by atoms with Gasteiger partial charge in [0, 0.05) is 25.3 Å². The van der Waals surface area contributed by atoms with Gasteiger partial charge in [-0.25, -0.2) is 12.7 Å². The summed E-state index contributed by atoms with van der Waals surface area (Å²) in [6, 6.07) is 22.9. The lowest BCUT2D eigenvalue weighted by atomic mass is 10.2. The van der Waals surface area contributed by atoms with E-state index in [0.29, 0.717) is 11.3 Å². The lowest BCUT2D eigenvalue weighted by Gasteiger charge is -2.14. The number of rotatable bonds is 6. The molecule has 0 atom stereocenters. The van der Waals surface area contributed by atoms with Crippen LogP contribution in [0.5, 0.6) is 0 Å². The van der Waals surface area contributed by atoms with Crippen LogP contribution >= 0.6 is 0 Å². The molecular formula is C21H21N3O3S. The molecule has 0 aromatic heterocycles. The van der Waals surface area contributed by atoms with Crippen molar-refractivity contribution in [3.63, 3.8) is 0 Å². The van der Waals surface area contributed by atoms with Gasteiger partial charge < -0.3 is 10.6 Å². The molecule has 1 amide bonds. The zero-order valence-electron chi connectivity index (χ0n) is 15.6. The number of para-hydroxylation sites is 3. The van der Waals surface area contributed by atoms with Crippen molar-refractivity contribution in [2.75, 3.05) is 24.7 Å². The number of hydrogen-bond donors (Lipinski definition) is 2. The monoisotopic (exact) mass is 395 g/mol. The molecule has 6 nitrogen and oxygen atoms in total. The number of benzene rings is 3. The molecule has 28 heavy (non-hydrogen) atoms. The van der Waals surface area contributed by atoms with E-state index in [1.807, 2.05) is 48.5 Å². The Bertz CT molecular complexity index is 1060. The van der Waals surface area contributed by atoms with E-state index >= 15 is 0 Å². The van der Waals surface area contributed by atoms with Crippen molar-refractivity contribution in [2.24, 2.45) is 0 Å². The summed E-state index contributed by atoms with van der Waals surface area (Å²) in [6.45, 7) is 0. The second kappa shape index (κ2) is 8.24. The van der Waals surface area contributed by atoms with Crippen LogP contribution in [0.25, 0.3) is 0 Å². The first-order valence-electron chi connectivity index (χ1n) is 8.63. The topological polar surface area (TPSA) is 78.5 Å². The molecule has 0 saturated heterocycles. The summed E-state index contributed by atoms with van der Waals surface area (Å²) in [6.07, 6.45) is 0. The SMILES string of the molecule is CN(C)S(=O)(=O)c1ccc(C(=O)Nc2ccccc2Nc2ccccc2)cc1. The van der Waals surface area contributed by atoms with Crippen LogP contribution < -0.4 is 10.6 Å². The van der Waals surface area contributed by atoms with Gasteiger partial charge in [0.25, 0.3) is 5.91 Å². The number of carbonyl (C=O) groups excluding carboxylic acids is 1. The van der Waals surface area contributed by atoms with Crippen molar-refractivity contribution in [1.82, 2.24) is 4.31 Å². The van der Waals surface area contributed by atoms with Gasteiger partial charge in [-0.2, -0.15) is 0 Å². The Morgan fingerprint density at radius 2 is 1.36 bits per heavy atom. The third kappa shape index (κ3) is 4.39. The van der Waals surface area contributed by atoms with E-state index in [0.717, 1.165) is 15.7 Å². The van der Waals surface area contributed by atoms with Gasteiger partial charge in [0.1, 0.15) is 0 Å². The van der Waals surface area contributed by atoms with Gasteiger partial charge in [-0.1, -0.05) is 30.3 Å². The molecule has 0 aliphatic carbocycles. The largest absolute Gasteiger partial charge is 0.354 e. The number of nitrogens with one attached hydrogen (secondary N) is 2. The fourth-order valence-corrected chi connectivity index (χ4v) is 3.46. The zero-order valence-corrected chi connectivity index (χ0v) is 16.4. The maximum Gasteiger partial charge on any atom is 0.255 e. The maximum absolute atomic E-state index is 12.6. The molecule has 0 bridgehead atoms. The Morgan fingerprint density at radius 1 is 0.786 bits per heavy atom. The van der Waals surface area contributed by atoms with Crippen molar-refractivity contribution in [2.45, 2.75) is 4.90 Å². The highest BCUT2D eigenvalue weighted by molar-refractivity contribution is 7.89. The van der Waals surface area contributed by atoms with Gasteiger partial charge in [0.05, 0.1) is 16.3 Å². The van der Waals surface area contributed by atoms with Gasteiger partial charge in [0.2, 0.25) is 10.0 Å². The number of hydrogen-bond acceptors (Lipinski definition) is 4. The van der Waals surface area contributed by atoms with Crippen molar-refractivity contribution in [3.8, 4) is 0 Å². The predicted molar refractivity (Wildman–Crippen MR) is 111 cm³/mol. The standard InChI is InChI=1S/C21H21N3O3S/c1-24(2)28(26,27)18-14-12-16(13-15-18)21(25)23-20-11-7-6-10-19(20)22-17-8-4-3-5-9-17/h3-15,22H,1-2H3,(H,23,25). The van der Waals surface area contributed by atoms with Crippen LogP contribution in [0.15, 0.2) is 83.8 Å². The third-order valence-electron chi connectivity index (χ3n) is 4.12. The Kier molecular flexibility index (Phi) is 5.77. The number of nitrogens with zero attached hydrogens (tertiary/aromatic N) is 1. The summed E-state index contributed by atoms with van der Waals surface area (Å²) in [4.78, 5) is 12.8. The highest BCUT2D eigenvalue weighted by Gasteiger charge is 2.17. The normalized spacial score (nSPS) is 11.2. The maximum atomic E-state index is 12.6. The van der Waals surface area contributed by atoms with Crippen LogP contribution in [0.1, 0.15) is 10.4 Å². The smallest absolute Gasteiger partial charge is 0.255 e. The summed E-state index contributed by atoms with van der Waals surface area (Å²) >= 11 is 0. The zero-order chi connectivity index (χ0) is 20.1. The van der Waals surface area contributed by atoms with E-state index in [9.17, 15) is 13.2 Å². The summed E-state index contributed by atoms with van der Waals surface area (Å²) in [5, 5.41) is 6.14. The first kappa shape index (κ1) is 19.6. The van der Waals surface area contributed by atoms with Crippen molar-refractivity contribution in [1.29, 1.82) is 0 Å². The lowest BCUT2D eigenvalue weighted by molar-refractivity contribution is 0.102. The first-order chi connectivity index (χ1) is 13.4. The second-order valence-electron chi connectivity index (χ2n) is 6.30. The molecule has 7 heteroatoms. The van der Waals surface area contributed by atoms with Gasteiger partial charge in [-0.15, -0.1) is 0 Å². The number of sulfonamides is 1. The number of anilines is 3. The van der Waals surface area contributed by atoms with Crippen LogP contribution in [0.3, 0.4) is 0 Å². The molecule has 0 spiro atoms. The van der Waals surface area contributed by atoms with Crippen LogP contribution in [0.2, 0.25) is 0 Å². The molecule has 144 valence electrons. The highest BCUT2D eigenvalue weighted by atomic mass is 32.2. The summed E-state index contributed by atoms with van der Waals surface area (Å²) < 4.78 is 25.4. The van der Waals surface area contributed by atoms with E-state index in [2.05, 4.69) is 10.6 Å². The predicted octanol–water partition coefficient (Wildman–Crippen LogP) is 3.93. The first-order valence-corrected chi connectivity index (χ1v) is 10.1. The van der Waals surface area contributed by atoms with Crippen molar-refractivity contribution in [3.05, 3.63) is 84.4 Å². The number of carbonyl (C=O) groups is 1. The molecule has 0 saturated carbocycles. The molecule has 0 radical (unpaired) electrons. The van der Waals surface area contributed by atoms with E-state index in [4.69, 9.17) is 0 Å². The van der Waals surface area contributed by atoms with Crippen LogP contribution in [-0.2, 0) is 10.0 Å². The molecular weight excluding hydrogens is 374 g/mol. The number of amides is 1. The van der Waals surface area contributed by atoms with Gasteiger partial charge in [-0.05, 0) is 48.5 Å². The summed E-state index contributed by atoms with van der Waals surface area (Å²) in [7, 11) is -0.598. The fourth-order valence-electron chi connectivity index (χ4n) is 2.56. The Hall–Kier alpha value is -3.16. The average molecular weight is 395 g/mol. The molecule has 0 unspecified atom stereocenters. The van der Waals surface area contributed by atoms with Crippen LogP contribution in [-0.4, -0.2) is 32.7 Å². The quantitative estimate of drug-likeness (QED) is 0.663. The Morgan fingerprint density at radius 3 is 1.96 bits per heavy atom. The van der Waals surface area contributed by atoms with Crippen molar-refractivity contribution >= 4 is 33.0 Å². The van der Waals surface area contributed by atoms with Crippen LogP contribution in [0, 0.1) is 0 Å². The van der Waals surface area contributed by atoms with Crippen molar-refractivity contribution < 1.29 is 13.2 Å². The molecule has 3 rings (SSSR count).